The largest absolute Gasteiger partial charge is 0.469 e. The number of hydrogen-bond donors (Lipinski definition) is 0. The molecule has 1 aromatic carbocycles. The van der Waals surface area contributed by atoms with E-state index in [0.29, 0.717) is 5.56 Å². The number of carbonyl (C=O) groups is 1. The maximum atomic E-state index is 11.1. The Kier molecular flexibility index (Phi) is 3.87. The predicted octanol–water partition coefficient (Wildman–Crippen LogP) is 2.34. The van der Waals surface area contributed by atoms with Crippen molar-refractivity contribution in [2.75, 3.05) is 7.11 Å². The lowest BCUT2D eigenvalue weighted by Gasteiger charge is -2.06. The number of hydrogen-bond acceptors (Lipinski definition) is 3. The normalized spacial score (nSPS) is 9.47. The third kappa shape index (κ3) is 2.80. The Labute approximate surface area is 96.8 Å². The van der Waals surface area contributed by atoms with Crippen molar-refractivity contribution >= 4 is 21.9 Å². The summed E-state index contributed by atoms with van der Waals surface area (Å²) in [5.41, 5.74) is 2.31. The summed E-state index contributed by atoms with van der Waals surface area (Å²) in [6.45, 7) is 1.89. The average Bonchev–Trinajstić information content (AvgIpc) is 2.21. The first-order valence-corrected chi connectivity index (χ1v) is 5.13. The summed E-state index contributed by atoms with van der Waals surface area (Å²) < 4.78 is 5.33. The van der Waals surface area contributed by atoms with Crippen molar-refractivity contribution in [1.29, 1.82) is 5.26 Å². The molecule has 0 aliphatic heterocycles. The Morgan fingerprint density at radius 2 is 2.27 bits per heavy atom. The van der Waals surface area contributed by atoms with E-state index < -0.39 is 0 Å². The van der Waals surface area contributed by atoms with E-state index in [1.807, 2.05) is 13.0 Å². The number of esters is 1. The van der Waals surface area contributed by atoms with Gasteiger partial charge in [0.2, 0.25) is 0 Å². The Morgan fingerprint density at radius 1 is 1.60 bits per heavy atom. The van der Waals surface area contributed by atoms with Gasteiger partial charge in [-0.25, -0.2) is 0 Å². The lowest BCUT2D eigenvalue weighted by molar-refractivity contribution is -0.139. The summed E-state index contributed by atoms with van der Waals surface area (Å²) in [7, 11) is 1.35. The molecule has 0 heterocycles. The summed E-state index contributed by atoms with van der Waals surface area (Å²) in [5, 5.41) is 8.83. The summed E-state index contributed by atoms with van der Waals surface area (Å²) in [5.74, 6) is -0.302. The van der Waals surface area contributed by atoms with E-state index in [-0.39, 0.29) is 12.4 Å². The van der Waals surface area contributed by atoms with Crippen molar-refractivity contribution in [2.45, 2.75) is 13.3 Å². The predicted molar refractivity (Wildman–Crippen MR) is 59.3 cm³/mol. The first-order chi connectivity index (χ1) is 7.08. The van der Waals surface area contributed by atoms with Crippen LogP contribution in [-0.2, 0) is 16.0 Å². The second kappa shape index (κ2) is 4.94. The molecule has 0 aliphatic rings. The summed E-state index contributed by atoms with van der Waals surface area (Å²) >= 11 is 3.29. The van der Waals surface area contributed by atoms with Crippen LogP contribution in [0.25, 0.3) is 0 Å². The van der Waals surface area contributed by atoms with E-state index in [0.717, 1.165) is 15.6 Å². The Bertz CT molecular complexity index is 435. The highest BCUT2D eigenvalue weighted by Crippen LogP contribution is 2.21. The molecule has 78 valence electrons. The van der Waals surface area contributed by atoms with Crippen LogP contribution >= 0.6 is 15.9 Å². The third-order valence-corrected chi connectivity index (χ3v) is 2.76. The minimum Gasteiger partial charge on any atom is -0.469 e. The van der Waals surface area contributed by atoms with Gasteiger partial charge < -0.3 is 4.74 Å². The van der Waals surface area contributed by atoms with Gasteiger partial charge in [-0.2, -0.15) is 5.26 Å². The Morgan fingerprint density at radius 3 is 2.80 bits per heavy atom. The number of carbonyl (C=O) groups excluding carboxylic acids is 1. The molecule has 0 amide bonds. The van der Waals surface area contributed by atoms with Crippen LogP contribution in [0.5, 0.6) is 0 Å². The molecular formula is C11H10BrNO2. The fourth-order valence-electron chi connectivity index (χ4n) is 1.22. The van der Waals surface area contributed by atoms with Crippen LogP contribution in [0.15, 0.2) is 16.6 Å². The van der Waals surface area contributed by atoms with Crippen LogP contribution in [0, 0.1) is 18.3 Å². The molecule has 0 fully saturated rings. The summed E-state index contributed by atoms with van der Waals surface area (Å²) in [6, 6.07) is 5.59. The molecule has 0 N–H and O–H groups in total. The first kappa shape index (κ1) is 11.7. The zero-order chi connectivity index (χ0) is 11.4. The van der Waals surface area contributed by atoms with Crippen molar-refractivity contribution < 1.29 is 9.53 Å². The van der Waals surface area contributed by atoms with E-state index >= 15 is 0 Å². The average molecular weight is 268 g/mol. The van der Waals surface area contributed by atoms with Crippen molar-refractivity contribution in [2.24, 2.45) is 0 Å². The lowest BCUT2D eigenvalue weighted by Crippen LogP contribution is -2.06. The molecule has 1 rings (SSSR count). The maximum Gasteiger partial charge on any atom is 0.309 e. The highest BCUT2D eigenvalue weighted by molar-refractivity contribution is 9.10. The van der Waals surface area contributed by atoms with Gasteiger partial charge in [-0.3, -0.25) is 4.79 Å². The van der Waals surface area contributed by atoms with Crippen molar-refractivity contribution in [3.63, 3.8) is 0 Å². The first-order valence-electron chi connectivity index (χ1n) is 4.34. The molecule has 0 aromatic heterocycles. The molecule has 4 heteroatoms. The van der Waals surface area contributed by atoms with E-state index in [1.54, 1.807) is 6.07 Å². The molecule has 3 nitrogen and oxygen atoms in total. The second-order valence-electron chi connectivity index (χ2n) is 3.12. The van der Waals surface area contributed by atoms with Crippen LogP contribution in [0.2, 0.25) is 0 Å². The number of methoxy groups -OCH3 is 1. The monoisotopic (exact) mass is 267 g/mol. The van der Waals surface area contributed by atoms with Gasteiger partial charge in [0, 0.05) is 4.47 Å². The van der Waals surface area contributed by atoms with E-state index in [9.17, 15) is 4.79 Å². The molecular weight excluding hydrogens is 258 g/mol. The fourth-order valence-corrected chi connectivity index (χ4v) is 1.77. The molecule has 0 bridgehead atoms. The topological polar surface area (TPSA) is 50.1 Å². The number of aryl methyl sites for hydroxylation is 1. The highest BCUT2D eigenvalue weighted by Gasteiger charge is 2.09. The van der Waals surface area contributed by atoms with Crippen LogP contribution in [0.3, 0.4) is 0 Å². The molecule has 0 spiro atoms. The third-order valence-electron chi connectivity index (χ3n) is 2.11. The van der Waals surface area contributed by atoms with Gasteiger partial charge >= 0.3 is 5.97 Å². The molecule has 0 atom stereocenters. The van der Waals surface area contributed by atoms with E-state index in [2.05, 4.69) is 26.7 Å². The quantitative estimate of drug-likeness (QED) is 0.773. The molecule has 1 aromatic rings. The van der Waals surface area contributed by atoms with Gasteiger partial charge in [-0.15, -0.1) is 0 Å². The van der Waals surface area contributed by atoms with Crippen LogP contribution < -0.4 is 0 Å². The minimum atomic E-state index is -0.302. The van der Waals surface area contributed by atoms with Crippen LogP contribution in [0.4, 0.5) is 0 Å². The fraction of sp³-hybridized carbons (Fsp3) is 0.273. The van der Waals surface area contributed by atoms with Gasteiger partial charge in [0.05, 0.1) is 19.1 Å². The zero-order valence-corrected chi connectivity index (χ0v) is 10.1. The van der Waals surface area contributed by atoms with E-state index in [1.165, 1.54) is 7.11 Å². The number of rotatable bonds is 2. The number of nitriles is 1. The van der Waals surface area contributed by atoms with Gasteiger partial charge in [-0.1, -0.05) is 0 Å². The summed E-state index contributed by atoms with van der Waals surface area (Å²) in [4.78, 5) is 11.1. The zero-order valence-electron chi connectivity index (χ0n) is 8.50. The number of nitrogens with zero attached hydrogens (tertiary/aromatic N) is 1. The SMILES string of the molecule is COC(=O)Cc1cc(C#N)c(Br)cc1C. The van der Waals surface area contributed by atoms with Crippen molar-refractivity contribution in [3.8, 4) is 6.07 Å². The van der Waals surface area contributed by atoms with Gasteiger partial charge in [0.1, 0.15) is 6.07 Å². The van der Waals surface area contributed by atoms with Crippen molar-refractivity contribution in [1.82, 2.24) is 0 Å². The Hall–Kier alpha value is -1.34. The molecule has 15 heavy (non-hydrogen) atoms. The number of ether oxygens (including phenoxy) is 1. The maximum absolute atomic E-state index is 11.1. The van der Waals surface area contributed by atoms with Gasteiger partial charge in [-0.05, 0) is 46.1 Å². The number of halogens is 1. The van der Waals surface area contributed by atoms with Gasteiger partial charge in [0.15, 0.2) is 0 Å². The van der Waals surface area contributed by atoms with Crippen LogP contribution in [0.1, 0.15) is 16.7 Å². The summed E-state index contributed by atoms with van der Waals surface area (Å²) in [6.07, 6.45) is 0.199. The van der Waals surface area contributed by atoms with Gasteiger partial charge in [0.25, 0.3) is 0 Å². The molecule has 0 radical (unpaired) electrons. The van der Waals surface area contributed by atoms with Crippen molar-refractivity contribution in [3.05, 3.63) is 33.3 Å². The van der Waals surface area contributed by atoms with Crippen LogP contribution in [-0.4, -0.2) is 13.1 Å². The highest BCUT2D eigenvalue weighted by atomic mass is 79.9. The second-order valence-corrected chi connectivity index (χ2v) is 3.98. The number of benzene rings is 1. The van der Waals surface area contributed by atoms with E-state index in [4.69, 9.17) is 5.26 Å². The molecule has 0 unspecified atom stereocenters. The smallest absolute Gasteiger partial charge is 0.309 e. The molecule has 0 saturated carbocycles. The molecule has 0 saturated heterocycles. The molecule has 0 aliphatic carbocycles. The standard InChI is InChI=1S/C11H10BrNO2/c1-7-3-10(12)9(6-13)4-8(7)5-11(14)15-2/h3-4H,5H2,1-2H3. The Balaban J connectivity index is 3.09. The lowest BCUT2D eigenvalue weighted by atomic mass is 10.0. The minimum absolute atomic E-state index is 0.199.